The predicted molar refractivity (Wildman–Crippen MR) is 137 cm³/mol. The van der Waals surface area contributed by atoms with E-state index in [1.54, 1.807) is 34.9 Å². The van der Waals surface area contributed by atoms with Crippen molar-refractivity contribution in [2.24, 2.45) is 0 Å². The van der Waals surface area contributed by atoms with Crippen molar-refractivity contribution in [2.75, 3.05) is 11.4 Å². The summed E-state index contributed by atoms with van der Waals surface area (Å²) in [6.07, 6.45) is -0.514. The minimum Gasteiger partial charge on any atom is -0.479 e. The van der Waals surface area contributed by atoms with Crippen LogP contribution in [0.5, 0.6) is 5.75 Å². The zero-order chi connectivity index (χ0) is 25.1. The molecule has 1 aromatic heterocycles. The Morgan fingerprint density at radius 2 is 1.69 bits per heavy atom. The summed E-state index contributed by atoms with van der Waals surface area (Å²) in [7, 11) is 0. The van der Waals surface area contributed by atoms with Crippen molar-refractivity contribution in [1.82, 2.24) is 14.9 Å². The number of hydrogen-bond acceptors (Lipinski definition) is 5. The summed E-state index contributed by atoms with van der Waals surface area (Å²) in [6, 6.07) is 24.1. The molecule has 182 valence electrons. The number of H-pyrrole nitrogens is 1. The van der Waals surface area contributed by atoms with Crippen LogP contribution in [0.2, 0.25) is 0 Å². The molecule has 0 saturated carbocycles. The van der Waals surface area contributed by atoms with Crippen LogP contribution in [0.25, 0.3) is 10.9 Å². The number of rotatable bonds is 7. The van der Waals surface area contributed by atoms with Gasteiger partial charge in [-0.05, 0) is 36.8 Å². The van der Waals surface area contributed by atoms with E-state index in [0.717, 1.165) is 5.56 Å². The Morgan fingerprint density at radius 1 is 0.972 bits per heavy atom. The first kappa shape index (κ1) is 23.3. The number of nitrogens with one attached hydrogen (secondary N) is 1. The maximum absolute atomic E-state index is 13.5. The van der Waals surface area contributed by atoms with E-state index < -0.39 is 6.10 Å². The van der Waals surface area contributed by atoms with Crippen LogP contribution in [0.1, 0.15) is 24.7 Å². The third kappa shape index (κ3) is 4.84. The van der Waals surface area contributed by atoms with E-state index in [1.807, 2.05) is 60.7 Å². The highest BCUT2D eigenvalue weighted by Crippen LogP contribution is 2.33. The van der Waals surface area contributed by atoms with Crippen LogP contribution in [-0.4, -0.2) is 39.3 Å². The van der Waals surface area contributed by atoms with Gasteiger partial charge in [-0.1, -0.05) is 54.6 Å². The number of ether oxygens (including phenoxy) is 1. The number of hydrogen-bond donors (Lipinski definition) is 1. The van der Waals surface area contributed by atoms with Gasteiger partial charge in [-0.3, -0.25) is 14.4 Å². The smallest absolute Gasteiger partial charge is 0.267 e. The first-order valence-electron chi connectivity index (χ1n) is 11.9. The molecule has 1 N–H and O–H groups in total. The Kier molecular flexibility index (Phi) is 6.49. The maximum Gasteiger partial charge on any atom is 0.267 e. The van der Waals surface area contributed by atoms with E-state index in [0.29, 0.717) is 34.7 Å². The molecule has 0 radical (unpaired) electrons. The van der Waals surface area contributed by atoms with Gasteiger partial charge in [0.25, 0.3) is 11.5 Å². The lowest BCUT2D eigenvalue weighted by molar-refractivity contribution is -0.132. The van der Waals surface area contributed by atoms with Crippen LogP contribution in [-0.2, 0) is 22.7 Å². The molecule has 1 aliphatic rings. The van der Waals surface area contributed by atoms with E-state index in [1.165, 1.54) is 0 Å². The molecule has 2 heterocycles. The second-order valence-corrected chi connectivity index (χ2v) is 8.73. The summed E-state index contributed by atoms with van der Waals surface area (Å²) in [5.41, 5.74) is 1.94. The van der Waals surface area contributed by atoms with E-state index in [2.05, 4.69) is 9.97 Å². The molecule has 0 bridgehead atoms. The number of anilines is 1. The molecule has 4 aromatic rings. The Labute approximate surface area is 208 Å². The highest BCUT2D eigenvalue weighted by Gasteiger charge is 2.31. The second-order valence-electron chi connectivity index (χ2n) is 8.73. The van der Waals surface area contributed by atoms with Crippen molar-refractivity contribution in [2.45, 2.75) is 32.5 Å². The SMILES string of the molecule is CC1Oc2ccccc2N(CCC(=O)N(Cc2ccccc2)Cc2nc3ccccc3c(=O)[nH]2)C1=O. The zero-order valence-electron chi connectivity index (χ0n) is 19.9. The minimum atomic E-state index is -0.623. The number of fused-ring (bicyclic) bond motifs is 2. The predicted octanol–water partition coefficient (Wildman–Crippen LogP) is 3.66. The van der Waals surface area contributed by atoms with Gasteiger partial charge in [-0.2, -0.15) is 0 Å². The van der Waals surface area contributed by atoms with Gasteiger partial charge in [-0.25, -0.2) is 4.98 Å². The van der Waals surface area contributed by atoms with Gasteiger partial charge in [0.2, 0.25) is 5.91 Å². The molecule has 5 rings (SSSR count). The average Bonchev–Trinajstić information content (AvgIpc) is 2.89. The standard InChI is InChI=1S/C28H26N4O4/c1-19-28(35)32(23-13-7-8-14-24(23)36-19)16-15-26(33)31(17-20-9-3-2-4-10-20)18-25-29-22-12-6-5-11-21(22)27(34)30-25/h2-14,19H,15-18H2,1H3,(H,29,30,34). The average molecular weight is 483 g/mol. The summed E-state index contributed by atoms with van der Waals surface area (Å²) in [5, 5.41) is 0.501. The molecular formula is C28H26N4O4. The molecule has 1 aliphatic heterocycles. The summed E-state index contributed by atoms with van der Waals surface area (Å²) in [6.45, 7) is 2.41. The van der Waals surface area contributed by atoms with Crippen LogP contribution in [0, 0.1) is 0 Å². The van der Waals surface area contributed by atoms with Crippen molar-refractivity contribution in [3.05, 3.63) is 101 Å². The molecule has 2 amide bonds. The molecule has 0 saturated heterocycles. The van der Waals surface area contributed by atoms with Crippen molar-refractivity contribution < 1.29 is 14.3 Å². The highest BCUT2D eigenvalue weighted by molar-refractivity contribution is 6.00. The molecule has 1 atom stereocenters. The summed E-state index contributed by atoms with van der Waals surface area (Å²) >= 11 is 0. The Hall–Kier alpha value is -4.46. The monoisotopic (exact) mass is 482 g/mol. The maximum atomic E-state index is 13.5. The second kappa shape index (κ2) is 10.0. The quantitative estimate of drug-likeness (QED) is 0.434. The van der Waals surface area contributed by atoms with Crippen LogP contribution in [0.15, 0.2) is 83.7 Å². The van der Waals surface area contributed by atoms with Crippen LogP contribution >= 0.6 is 0 Å². The summed E-state index contributed by atoms with van der Waals surface area (Å²) in [4.78, 5) is 49.5. The topological polar surface area (TPSA) is 95.6 Å². The molecular weight excluding hydrogens is 456 g/mol. The lowest BCUT2D eigenvalue weighted by Gasteiger charge is -2.33. The third-order valence-corrected chi connectivity index (χ3v) is 6.19. The fourth-order valence-electron chi connectivity index (χ4n) is 4.38. The van der Waals surface area contributed by atoms with Gasteiger partial charge in [-0.15, -0.1) is 0 Å². The molecule has 0 aliphatic carbocycles. The van der Waals surface area contributed by atoms with Gasteiger partial charge in [0, 0.05) is 19.5 Å². The molecule has 0 fully saturated rings. The Bertz CT molecular complexity index is 1470. The number of aromatic nitrogens is 2. The fourth-order valence-corrected chi connectivity index (χ4v) is 4.38. The zero-order valence-corrected chi connectivity index (χ0v) is 19.9. The molecule has 36 heavy (non-hydrogen) atoms. The van der Waals surface area contributed by atoms with E-state index in [9.17, 15) is 14.4 Å². The van der Waals surface area contributed by atoms with E-state index in [4.69, 9.17) is 4.74 Å². The minimum absolute atomic E-state index is 0.109. The number of benzene rings is 3. The Morgan fingerprint density at radius 3 is 2.53 bits per heavy atom. The van der Waals surface area contributed by atoms with Gasteiger partial charge in [0.15, 0.2) is 6.10 Å². The van der Waals surface area contributed by atoms with Crippen molar-refractivity contribution in [3.8, 4) is 5.75 Å². The molecule has 3 aromatic carbocycles. The number of aromatic amines is 1. The number of nitrogens with zero attached hydrogens (tertiary/aromatic N) is 3. The van der Waals surface area contributed by atoms with Gasteiger partial charge in [0.1, 0.15) is 11.6 Å². The lowest BCUT2D eigenvalue weighted by atomic mass is 10.1. The summed E-state index contributed by atoms with van der Waals surface area (Å²) < 4.78 is 5.70. The molecule has 1 unspecified atom stereocenters. The molecule has 8 nitrogen and oxygen atoms in total. The number of carbonyl (C=O) groups is 2. The first-order chi connectivity index (χ1) is 17.5. The largest absolute Gasteiger partial charge is 0.479 e. The first-order valence-corrected chi connectivity index (χ1v) is 11.9. The van der Waals surface area contributed by atoms with Crippen molar-refractivity contribution in [1.29, 1.82) is 0 Å². The van der Waals surface area contributed by atoms with Crippen LogP contribution < -0.4 is 15.2 Å². The number of para-hydroxylation sites is 3. The van der Waals surface area contributed by atoms with Crippen LogP contribution in [0.4, 0.5) is 5.69 Å². The van der Waals surface area contributed by atoms with Crippen molar-refractivity contribution in [3.63, 3.8) is 0 Å². The molecule has 0 spiro atoms. The molecule has 8 heteroatoms. The fraction of sp³-hybridized carbons (Fsp3) is 0.214. The summed E-state index contributed by atoms with van der Waals surface area (Å²) in [5.74, 6) is 0.691. The van der Waals surface area contributed by atoms with Gasteiger partial charge >= 0.3 is 0 Å². The number of amides is 2. The Balaban J connectivity index is 1.38. The highest BCUT2D eigenvalue weighted by atomic mass is 16.5. The van der Waals surface area contributed by atoms with Gasteiger partial charge < -0.3 is 19.5 Å². The normalized spacial score (nSPS) is 14.9. The van der Waals surface area contributed by atoms with Crippen molar-refractivity contribution >= 4 is 28.4 Å². The third-order valence-electron chi connectivity index (χ3n) is 6.19. The van der Waals surface area contributed by atoms with E-state index in [-0.39, 0.29) is 36.9 Å². The van der Waals surface area contributed by atoms with Crippen LogP contribution in [0.3, 0.4) is 0 Å². The van der Waals surface area contributed by atoms with E-state index >= 15 is 0 Å². The van der Waals surface area contributed by atoms with Gasteiger partial charge in [0.05, 0.1) is 23.1 Å². The number of carbonyl (C=O) groups excluding carboxylic acids is 2. The lowest BCUT2D eigenvalue weighted by Crippen LogP contribution is -2.46.